The maximum Gasteiger partial charge on any atom is -0.0353 e. The monoisotopic (exact) mass is 174 g/mol. The van der Waals surface area contributed by atoms with Crippen molar-refractivity contribution >= 4 is 8.58 Å². The Kier molecular flexibility index (Phi) is 10.8. The van der Waals surface area contributed by atoms with E-state index in [1.807, 2.05) is 0 Å². The predicted octanol–water partition coefficient (Wildman–Crippen LogP) is 4.05. The van der Waals surface area contributed by atoms with Crippen LogP contribution < -0.4 is 0 Å². The zero-order valence-corrected chi connectivity index (χ0v) is 9.16. The first-order valence-electron chi connectivity index (χ1n) is 5.12. The molecule has 0 aromatic heterocycles. The Hall–Kier alpha value is 0.430. The van der Waals surface area contributed by atoms with Crippen molar-refractivity contribution in [2.45, 2.75) is 52.4 Å². The minimum atomic E-state index is 1.25. The predicted molar refractivity (Wildman–Crippen MR) is 57.1 cm³/mol. The van der Waals surface area contributed by atoms with Crippen molar-refractivity contribution in [1.29, 1.82) is 0 Å². The molecule has 0 aromatic rings. The first-order valence-corrected chi connectivity index (χ1v) is 6.54. The highest BCUT2D eigenvalue weighted by atomic mass is 31.1. The van der Waals surface area contributed by atoms with E-state index >= 15 is 0 Å². The molecule has 0 radical (unpaired) electrons. The van der Waals surface area contributed by atoms with Gasteiger partial charge in [-0.2, -0.15) is 0 Å². The summed E-state index contributed by atoms with van der Waals surface area (Å²) in [6.07, 6.45) is 11.6. The minimum absolute atomic E-state index is 1.25. The van der Waals surface area contributed by atoms with E-state index in [1.54, 1.807) is 0 Å². The third-order valence-electron chi connectivity index (χ3n) is 1.91. The summed E-state index contributed by atoms with van der Waals surface area (Å²) >= 11 is 0. The Labute approximate surface area is 73.9 Å². The highest BCUT2D eigenvalue weighted by molar-refractivity contribution is 7.37. The normalized spacial score (nSPS) is 11.5. The Balaban J connectivity index is 2.69. The summed E-state index contributed by atoms with van der Waals surface area (Å²) in [5.74, 6) is 0. The summed E-state index contributed by atoms with van der Waals surface area (Å²) in [6, 6.07) is 0. The molecule has 0 saturated heterocycles. The number of unbranched alkanes of at least 4 members (excludes halogenated alkanes) is 4. The second kappa shape index (κ2) is 10.4. The van der Waals surface area contributed by atoms with Gasteiger partial charge in [-0.25, -0.2) is 0 Å². The molecule has 0 amide bonds. The third kappa shape index (κ3) is 10.4. The first-order chi connectivity index (χ1) is 5.41. The lowest BCUT2D eigenvalue weighted by molar-refractivity contribution is 0.705. The van der Waals surface area contributed by atoms with Crippen LogP contribution >= 0.6 is 8.58 Å². The molecule has 11 heavy (non-hydrogen) atoms. The first kappa shape index (κ1) is 11.4. The fourth-order valence-corrected chi connectivity index (χ4v) is 2.46. The topological polar surface area (TPSA) is 0 Å². The van der Waals surface area contributed by atoms with Crippen molar-refractivity contribution in [2.75, 3.05) is 12.3 Å². The largest absolute Gasteiger partial charge is 0.122 e. The van der Waals surface area contributed by atoms with Gasteiger partial charge in [-0.3, -0.25) is 0 Å². The van der Waals surface area contributed by atoms with Crippen LogP contribution in [0.25, 0.3) is 0 Å². The second-order valence-corrected chi connectivity index (χ2v) is 4.66. The average Bonchev–Trinajstić information content (AvgIpc) is 2.03. The van der Waals surface area contributed by atoms with Gasteiger partial charge < -0.3 is 0 Å². The third-order valence-corrected chi connectivity index (χ3v) is 3.33. The SMILES string of the molecule is CCCCCCPCCCC. The molecular weight excluding hydrogens is 151 g/mol. The van der Waals surface area contributed by atoms with Gasteiger partial charge in [0.2, 0.25) is 0 Å². The summed E-state index contributed by atoms with van der Waals surface area (Å²) in [5.41, 5.74) is 0. The summed E-state index contributed by atoms with van der Waals surface area (Å²) in [6.45, 7) is 4.56. The van der Waals surface area contributed by atoms with E-state index in [1.165, 1.54) is 59.4 Å². The lowest BCUT2D eigenvalue weighted by Crippen LogP contribution is -1.81. The van der Waals surface area contributed by atoms with Crippen LogP contribution in [0.1, 0.15) is 52.4 Å². The van der Waals surface area contributed by atoms with Crippen LogP contribution in [-0.2, 0) is 0 Å². The van der Waals surface area contributed by atoms with Gasteiger partial charge in [0.1, 0.15) is 0 Å². The molecule has 68 valence electrons. The van der Waals surface area contributed by atoms with Crippen molar-refractivity contribution in [3.8, 4) is 0 Å². The highest BCUT2D eigenvalue weighted by Gasteiger charge is 1.88. The fourth-order valence-electron chi connectivity index (χ4n) is 1.10. The van der Waals surface area contributed by atoms with Gasteiger partial charge in [-0.15, -0.1) is 8.58 Å². The van der Waals surface area contributed by atoms with Gasteiger partial charge >= 0.3 is 0 Å². The summed E-state index contributed by atoms with van der Waals surface area (Å²) in [7, 11) is 1.25. The Morgan fingerprint density at radius 1 is 0.727 bits per heavy atom. The molecule has 1 heteroatoms. The van der Waals surface area contributed by atoms with E-state index in [4.69, 9.17) is 0 Å². The molecule has 0 aliphatic heterocycles. The lowest BCUT2D eigenvalue weighted by atomic mass is 10.2. The smallest absolute Gasteiger partial charge is 0.0353 e. The highest BCUT2D eigenvalue weighted by Crippen LogP contribution is 2.15. The Morgan fingerprint density at radius 2 is 1.36 bits per heavy atom. The van der Waals surface area contributed by atoms with Gasteiger partial charge in [0, 0.05) is 0 Å². The fraction of sp³-hybridized carbons (Fsp3) is 1.00. The Bertz CT molecular complexity index is 53.9. The molecule has 0 heterocycles. The van der Waals surface area contributed by atoms with Gasteiger partial charge in [-0.1, -0.05) is 39.5 Å². The van der Waals surface area contributed by atoms with Crippen LogP contribution in [0, 0.1) is 0 Å². The molecule has 0 bridgehead atoms. The maximum atomic E-state index is 2.28. The molecule has 0 aliphatic carbocycles. The van der Waals surface area contributed by atoms with Gasteiger partial charge in [-0.05, 0) is 25.2 Å². The molecule has 0 nitrogen and oxygen atoms in total. The molecule has 0 fully saturated rings. The van der Waals surface area contributed by atoms with Gasteiger partial charge in [0.15, 0.2) is 0 Å². The van der Waals surface area contributed by atoms with Crippen LogP contribution in [0.4, 0.5) is 0 Å². The van der Waals surface area contributed by atoms with E-state index in [-0.39, 0.29) is 0 Å². The van der Waals surface area contributed by atoms with Gasteiger partial charge in [0.05, 0.1) is 0 Å². The molecule has 0 N–H and O–H groups in total. The second-order valence-electron chi connectivity index (χ2n) is 3.16. The van der Waals surface area contributed by atoms with Gasteiger partial charge in [0.25, 0.3) is 0 Å². The molecular formula is C10H23P. The number of rotatable bonds is 8. The summed E-state index contributed by atoms with van der Waals surface area (Å²) in [4.78, 5) is 0. The van der Waals surface area contributed by atoms with E-state index in [0.29, 0.717) is 0 Å². The summed E-state index contributed by atoms with van der Waals surface area (Å²) < 4.78 is 0. The van der Waals surface area contributed by atoms with E-state index < -0.39 is 0 Å². The quantitative estimate of drug-likeness (QED) is 0.385. The summed E-state index contributed by atoms with van der Waals surface area (Å²) in [5, 5.41) is 0. The zero-order chi connectivity index (χ0) is 8.36. The van der Waals surface area contributed by atoms with Crippen LogP contribution in [0.5, 0.6) is 0 Å². The molecule has 0 aromatic carbocycles. The van der Waals surface area contributed by atoms with E-state index in [2.05, 4.69) is 13.8 Å². The van der Waals surface area contributed by atoms with Crippen molar-refractivity contribution in [1.82, 2.24) is 0 Å². The number of hydrogen-bond donors (Lipinski definition) is 0. The lowest BCUT2D eigenvalue weighted by Gasteiger charge is -1.99. The molecule has 0 aliphatic rings. The van der Waals surface area contributed by atoms with Crippen molar-refractivity contribution in [2.24, 2.45) is 0 Å². The molecule has 0 saturated carbocycles. The number of hydrogen-bond acceptors (Lipinski definition) is 0. The van der Waals surface area contributed by atoms with Crippen LogP contribution in [0.3, 0.4) is 0 Å². The van der Waals surface area contributed by atoms with Crippen LogP contribution in [-0.4, -0.2) is 12.3 Å². The van der Waals surface area contributed by atoms with Crippen LogP contribution in [0.15, 0.2) is 0 Å². The zero-order valence-electron chi connectivity index (χ0n) is 8.16. The molecule has 1 unspecified atom stereocenters. The molecule has 0 spiro atoms. The Morgan fingerprint density at radius 3 is 2.00 bits per heavy atom. The van der Waals surface area contributed by atoms with E-state index in [9.17, 15) is 0 Å². The van der Waals surface area contributed by atoms with E-state index in [0.717, 1.165) is 0 Å². The average molecular weight is 174 g/mol. The maximum absolute atomic E-state index is 2.28. The molecule has 1 atom stereocenters. The van der Waals surface area contributed by atoms with Crippen molar-refractivity contribution < 1.29 is 0 Å². The molecule has 0 rings (SSSR count). The van der Waals surface area contributed by atoms with Crippen LogP contribution in [0.2, 0.25) is 0 Å². The standard InChI is InChI=1S/C10H23P/c1-3-5-7-8-10-11-9-6-4-2/h11H,3-10H2,1-2H3. The van der Waals surface area contributed by atoms with Crippen molar-refractivity contribution in [3.05, 3.63) is 0 Å². The van der Waals surface area contributed by atoms with Crippen molar-refractivity contribution in [3.63, 3.8) is 0 Å². The minimum Gasteiger partial charge on any atom is -0.122 e.